The average Bonchev–Trinajstić information content (AvgIpc) is 3.20. The standard InChI is InChI=1S/C26H38ClN5O8/c1-14(2)22(32-24(37)19(29-15(3)33)12-16-7-9-17(34)10-8-16)25(38)30-18(6-4-5-11-28-27)23(36)31-20-13-21(35)40-26(20)39/h7-10,14,18-20,22,26,28,34,39H,4-6,11-13H2,1-3H3,(H,29,33)(H,30,38)(H,31,36)(H,32,37)/t18?,19?,20?,22-,26?/m0/s1. The highest BCUT2D eigenvalue weighted by molar-refractivity contribution is 6.13. The number of hydrogen-bond acceptors (Lipinski definition) is 9. The Morgan fingerprint density at radius 1 is 1.00 bits per heavy atom. The van der Waals surface area contributed by atoms with E-state index in [0.29, 0.717) is 24.9 Å². The van der Waals surface area contributed by atoms with Gasteiger partial charge in [-0.25, -0.2) is 4.84 Å². The molecule has 1 aromatic carbocycles. The summed E-state index contributed by atoms with van der Waals surface area (Å²) in [6, 6.07) is 2.12. The topological polar surface area (TPSA) is 195 Å². The van der Waals surface area contributed by atoms with Gasteiger partial charge >= 0.3 is 5.97 Å². The Hall–Kier alpha value is -3.42. The Balaban J connectivity index is 2.14. The molecule has 1 aliphatic rings. The molecule has 1 aromatic rings. The maximum Gasteiger partial charge on any atom is 0.310 e. The molecule has 0 spiro atoms. The number of carbonyl (C=O) groups is 5. The van der Waals surface area contributed by atoms with Crippen molar-refractivity contribution in [1.29, 1.82) is 0 Å². The quantitative estimate of drug-likeness (QED) is 0.0826. The number of benzene rings is 1. The minimum atomic E-state index is -1.49. The van der Waals surface area contributed by atoms with E-state index in [0.717, 1.165) is 0 Å². The number of phenols is 1. The summed E-state index contributed by atoms with van der Waals surface area (Å²) in [5, 5.41) is 29.9. The minimum absolute atomic E-state index is 0.0555. The highest BCUT2D eigenvalue weighted by atomic mass is 35.5. The molecule has 4 amide bonds. The number of nitrogens with one attached hydrogen (secondary N) is 5. The predicted molar refractivity (Wildman–Crippen MR) is 144 cm³/mol. The van der Waals surface area contributed by atoms with Gasteiger partial charge in [0, 0.05) is 19.9 Å². The number of aromatic hydroxyl groups is 1. The highest BCUT2D eigenvalue weighted by Gasteiger charge is 2.37. The van der Waals surface area contributed by atoms with Crippen LogP contribution in [0.2, 0.25) is 0 Å². The van der Waals surface area contributed by atoms with Crippen molar-refractivity contribution in [2.45, 2.75) is 83.3 Å². The Kier molecular flexibility index (Phi) is 13.1. The Bertz CT molecular complexity index is 1040. The molecule has 1 heterocycles. The van der Waals surface area contributed by atoms with Gasteiger partial charge in [0.05, 0.1) is 6.42 Å². The number of ether oxygens (including phenoxy) is 1. The molecule has 0 radical (unpaired) electrons. The molecule has 0 aliphatic carbocycles. The van der Waals surface area contributed by atoms with E-state index in [2.05, 4.69) is 30.8 Å². The molecule has 13 nitrogen and oxygen atoms in total. The summed E-state index contributed by atoms with van der Waals surface area (Å²) in [5.41, 5.74) is 0.678. The minimum Gasteiger partial charge on any atom is -0.508 e. The number of cyclic esters (lactones) is 1. The van der Waals surface area contributed by atoms with Crippen LogP contribution >= 0.6 is 11.8 Å². The second-order valence-corrected chi connectivity index (χ2v) is 10.3. The number of carbonyl (C=O) groups excluding carboxylic acids is 5. The lowest BCUT2D eigenvalue weighted by molar-refractivity contribution is -0.155. The van der Waals surface area contributed by atoms with Crippen molar-refractivity contribution in [2.24, 2.45) is 5.92 Å². The van der Waals surface area contributed by atoms with Crippen LogP contribution in [0.4, 0.5) is 0 Å². The number of halogens is 1. The number of rotatable bonds is 15. The molecule has 222 valence electrons. The predicted octanol–water partition coefficient (Wildman–Crippen LogP) is -0.271. The summed E-state index contributed by atoms with van der Waals surface area (Å²) in [6.07, 6.45) is -0.243. The fraction of sp³-hybridized carbons (Fsp3) is 0.577. The van der Waals surface area contributed by atoms with Crippen LogP contribution in [0, 0.1) is 5.92 Å². The number of amides is 4. The van der Waals surface area contributed by atoms with E-state index in [4.69, 9.17) is 11.8 Å². The van der Waals surface area contributed by atoms with Crippen LogP contribution in [-0.2, 0) is 35.1 Å². The molecule has 5 atom stereocenters. The lowest BCUT2D eigenvalue weighted by Gasteiger charge is -2.28. The third-order valence-corrected chi connectivity index (χ3v) is 6.46. The maximum atomic E-state index is 13.3. The monoisotopic (exact) mass is 583 g/mol. The Morgan fingerprint density at radius 3 is 2.23 bits per heavy atom. The van der Waals surface area contributed by atoms with E-state index >= 15 is 0 Å². The second kappa shape index (κ2) is 16.0. The number of unbranched alkanes of at least 4 members (excludes halogenated alkanes) is 1. The summed E-state index contributed by atoms with van der Waals surface area (Å²) in [5.74, 6) is -3.27. The normalized spacial score (nSPS) is 18.8. The van der Waals surface area contributed by atoms with E-state index < -0.39 is 60.1 Å². The van der Waals surface area contributed by atoms with E-state index in [1.807, 2.05) is 0 Å². The van der Waals surface area contributed by atoms with Gasteiger partial charge in [-0.1, -0.05) is 26.0 Å². The third kappa shape index (κ3) is 10.6. The van der Waals surface area contributed by atoms with Crippen LogP contribution in [-0.4, -0.2) is 76.8 Å². The zero-order valence-electron chi connectivity index (χ0n) is 22.7. The number of aliphatic hydroxyl groups is 1. The number of esters is 1. The van der Waals surface area contributed by atoms with Gasteiger partial charge in [0.25, 0.3) is 0 Å². The molecule has 1 fully saturated rings. The molecule has 7 N–H and O–H groups in total. The zero-order chi connectivity index (χ0) is 29.8. The van der Waals surface area contributed by atoms with Gasteiger partial charge in [-0.3, -0.25) is 24.0 Å². The smallest absolute Gasteiger partial charge is 0.310 e. The summed E-state index contributed by atoms with van der Waals surface area (Å²) in [7, 11) is 0. The Labute approximate surface area is 237 Å². The number of hydrogen-bond donors (Lipinski definition) is 7. The van der Waals surface area contributed by atoms with Crippen LogP contribution in [0.5, 0.6) is 5.75 Å². The summed E-state index contributed by atoms with van der Waals surface area (Å²) in [6.45, 7) is 5.18. The number of aliphatic hydroxyl groups excluding tert-OH is 1. The van der Waals surface area contributed by atoms with Crippen LogP contribution in [0.1, 0.15) is 52.0 Å². The van der Waals surface area contributed by atoms with Gasteiger partial charge in [0.15, 0.2) is 0 Å². The van der Waals surface area contributed by atoms with Gasteiger partial charge in [-0.05, 0) is 54.7 Å². The van der Waals surface area contributed by atoms with E-state index in [1.165, 1.54) is 19.1 Å². The molecule has 14 heteroatoms. The lowest BCUT2D eigenvalue weighted by Crippen LogP contribution is -2.59. The van der Waals surface area contributed by atoms with Crippen molar-refractivity contribution in [2.75, 3.05) is 6.54 Å². The molecule has 40 heavy (non-hydrogen) atoms. The molecular formula is C26H38ClN5O8. The average molecular weight is 584 g/mol. The first-order chi connectivity index (χ1) is 18.9. The van der Waals surface area contributed by atoms with Crippen molar-refractivity contribution >= 4 is 41.4 Å². The van der Waals surface area contributed by atoms with E-state index in [9.17, 15) is 34.2 Å². The van der Waals surface area contributed by atoms with Crippen LogP contribution in [0.15, 0.2) is 24.3 Å². The zero-order valence-corrected chi connectivity index (χ0v) is 23.5. The second-order valence-electron chi connectivity index (χ2n) is 9.99. The molecule has 0 aromatic heterocycles. The van der Waals surface area contributed by atoms with Crippen molar-refractivity contribution in [3.8, 4) is 5.75 Å². The Morgan fingerprint density at radius 2 is 1.68 bits per heavy atom. The molecular weight excluding hydrogens is 546 g/mol. The van der Waals surface area contributed by atoms with Gasteiger partial charge in [0.2, 0.25) is 29.9 Å². The van der Waals surface area contributed by atoms with Crippen molar-refractivity contribution < 1.29 is 38.9 Å². The molecule has 1 saturated heterocycles. The van der Waals surface area contributed by atoms with Gasteiger partial charge in [0.1, 0.15) is 29.9 Å². The highest BCUT2D eigenvalue weighted by Crippen LogP contribution is 2.15. The van der Waals surface area contributed by atoms with Gasteiger partial charge in [-0.15, -0.1) is 0 Å². The number of phenolic OH excluding ortho intramolecular Hbond substituents is 1. The van der Waals surface area contributed by atoms with Crippen molar-refractivity contribution in [3.05, 3.63) is 29.8 Å². The maximum absolute atomic E-state index is 13.3. The van der Waals surface area contributed by atoms with Crippen molar-refractivity contribution in [1.82, 2.24) is 26.1 Å². The van der Waals surface area contributed by atoms with Crippen LogP contribution in [0.3, 0.4) is 0 Å². The lowest BCUT2D eigenvalue weighted by atomic mass is 9.99. The summed E-state index contributed by atoms with van der Waals surface area (Å²) >= 11 is 5.50. The first kappa shape index (κ1) is 32.8. The van der Waals surface area contributed by atoms with Gasteiger partial charge < -0.3 is 36.2 Å². The molecule has 4 unspecified atom stereocenters. The van der Waals surface area contributed by atoms with Crippen LogP contribution < -0.4 is 26.1 Å². The van der Waals surface area contributed by atoms with Crippen LogP contribution in [0.25, 0.3) is 0 Å². The fourth-order valence-corrected chi connectivity index (χ4v) is 4.27. The SMILES string of the molecule is CC(=O)NC(Cc1ccc(O)cc1)C(=O)N[C@H](C(=O)NC(CCCCNCl)C(=O)NC1CC(=O)OC1O)C(C)C. The molecule has 1 aliphatic heterocycles. The van der Waals surface area contributed by atoms with E-state index in [1.54, 1.807) is 26.0 Å². The summed E-state index contributed by atoms with van der Waals surface area (Å²) in [4.78, 5) is 65.3. The first-order valence-electron chi connectivity index (χ1n) is 13.1. The molecule has 0 saturated carbocycles. The fourth-order valence-electron chi connectivity index (χ4n) is 4.13. The molecule has 0 bridgehead atoms. The van der Waals surface area contributed by atoms with Crippen molar-refractivity contribution in [3.63, 3.8) is 0 Å². The largest absolute Gasteiger partial charge is 0.508 e. The van der Waals surface area contributed by atoms with Gasteiger partial charge in [-0.2, -0.15) is 0 Å². The first-order valence-corrected chi connectivity index (χ1v) is 13.5. The third-order valence-electron chi connectivity index (χ3n) is 6.27. The van der Waals surface area contributed by atoms with E-state index in [-0.39, 0.29) is 30.9 Å². The summed E-state index contributed by atoms with van der Waals surface area (Å²) < 4.78 is 4.66. The molecule has 2 rings (SSSR count).